The number of imide groups is 2. The van der Waals surface area contributed by atoms with Gasteiger partial charge < -0.3 is 10.1 Å². The number of ether oxygens (including phenoxy) is 1. The van der Waals surface area contributed by atoms with E-state index in [4.69, 9.17) is 16.3 Å². The Morgan fingerprint density at radius 2 is 1.76 bits per heavy atom. The van der Waals surface area contributed by atoms with E-state index >= 15 is 0 Å². The highest BCUT2D eigenvalue weighted by molar-refractivity contribution is 9.10. The van der Waals surface area contributed by atoms with Crippen molar-refractivity contribution in [3.05, 3.63) is 97.5 Å². The number of amides is 5. The van der Waals surface area contributed by atoms with Gasteiger partial charge in [0.1, 0.15) is 11.3 Å². The number of nitro benzene ring substituents is 1. The van der Waals surface area contributed by atoms with Crippen molar-refractivity contribution in [1.82, 2.24) is 5.32 Å². The summed E-state index contributed by atoms with van der Waals surface area (Å²) in [5, 5.41) is 16.2. The van der Waals surface area contributed by atoms with Crippen LogP contribution in [0.1, 0.15) is 5.56 Å². The molecule has 1 aliphatic rings. The Morgan fingerprint density at radius 1 is 1.08 bits per heavy atom. The lowest BCUT2D eigenvalue weighted by Crippen LogP contribution is -2.54. The lowest BCUT2D eigenvalue weighted by Gasteiger charge is -2.26. The van der Waals surface area contributed by atoms with Crippen LogP contribution in [0.2, 0.25) is 5.02 Å². The molecule has 0 radical (unpaired) electrons. The highest BCUT2D eigenvalue weighted by Crippen LogP contribution is 2.29. The summed E-state index contributed by atoms with van der Waals surface area (Å²) < 4.78 is 6.23. The van der Waals surface area contributed by atoms with Crippen molar-refractivity contribution >= 4 is 74.4 Å². The van der Waals surface area contributed by atoms with E-state index in [9.17, 15) is 29.3 Å². The molecule has 1 fully saturated rings. The van der Waals surface area contributed by atoms with Crippen molar-refractivity contribution in [2.24, 2.45) is 0 Å². The SMILES string of the molecule is O=C(COc1ccc(Br)cc1/C=C1\C(=O)NC(=O)N(c2ccc([N+](=O)[O-])cc2)C1=O)Nc1ccc(Cl)cc1. The average molecular weight is 600 g/mol. The first-order valence-electron chi connectivity index (χ1n) is 10.8. The monoisotopic (exact) mass is 598 g/mol. The quantitative estimate of drug-likeness (QED) is 0.173. The minimum absolute atomic E-state index is 0.0288. The third-order valence-electron chi connectivity index (χ3n) is 5.18. The number of rotatable bonds is 7. The molecule has 0 aromatic heterocycles. The molecule has 0 unspecified atom stereocenters. The van der Waals surface area contributed by atoms with Crippen molar-refractivity contribution in [2.75, 3.05) is 16.8 Å². The van der Waals surface area contributed by atoms with Gasteiger partial charge in [0.25, 0.3) is 23.4 Å². The molecule has 1 saturated heterocycles. The van der Waals surface area contributed by atoms with Crippen LogP contribution < -0.4 is 20.3 Å². The molecule has 13 heteroatoms. The first-order valence-corrected chi connectivity index (χ1v) is 11.9. The third kappa shape index (κ3) is 6.05. The fourth-order valence-corrected chi connectivity index (χ4v) is 3.91. The van der Waals surface area contributed by atoms with Crippen LogP contribution in [0.3, 0.4) is 0 Å². The van der Waals surface area contributed by atoms with E-state index < -0.39 is 34.2 Å². The normalized spacial score (nSPS) is 14.3. The summed E-state index contributed by atoms with van der Waals surface area (Å²) in [7, 11) is 0. The molecule has 0 aliphatic carbocycles. The second-order valence-electron chi connectivity index (χ2n) is 7.76. The number of barbiturate groups is 1. The topological polar surface area (TPSA) is 148 Å². The molecule has 11 nitrogen and oxygen atoms in total. The van der Waals surface area contributed by atoms with E-state index in [1.165, 1.54) is 24.3 Å². The first kappa shape index (κ1) is 26.5. The van der Waals surface area contributed by atoms with E-state index in [1.807, 2.05) is 0 Å². The van der Waals surface area contributed by atoms with Crippen LogP contribution in [0.15, 0.2) is 76.8 Å². The smallest absolute Gasteiger partial charge is 0.335 e. The fraction of sp³-hybridized carbons (Fsp3) is 0.0400. The Hall–Kier alpha value is -4.55. The zero-order valence-corrected chi connectivity index (χ0v) is 21.5. The summed E-state index contributed by atoms with van der Waals surface area (Å²) in [5.74, 6) is -2.16. The van der Waals surface area contributed by atoms with E-state index in [0.29, 0.717) is 20.1 Å². The second-order valence-corrected chi connectivity index (χ2v) is 9.11. The van der Waals surface area contributed by atoms with Crippen molar-refractivity contribution in [3.63, 3.8) is 0 Å². The molecule has 5 amide bonds. The van der Waals surface area contributed by atoms with Crippen LogP contribution in [-0.2, 0) is 14.4 Å². The Labute approximate surface area is 228 Å². The summed E-state index contributed by atoms with van der Waals surface area (Å²) >= 11 is 9.16. The molecule has 192 valence electrons. The van der Waals surface area contributed by atoms with Gasteiger partial charge in [0.05, 0.1) is 10.6 Å². The Bertz CT molecular complexity index is 1490. The lowest BCUT2D eigenvalue weighted by molar-refractivity contribution is -0.384. The number of benzene rings is 3. The number of halogens is 2. The Morgan fingerprint density at radius 3 is 2.42 bits per heavy atom. The number of hydrogen-bond acceptors (Lipinski definition) is 7. The number of hydrogen-bond donors (Lipinski definition) is 2. The van der Waals surface area contributed by atoms with E-state index in [2.05, 4.69) is 26.6 Å². The van der Waals surface area contributed by atoms with Crippen LogP contribution in [0.5, 0.6) is 5.75 Å². The molecule has 1 heterocycles. The molecular formula is C25H16BrClN4O7. The van der Waals surface area contributed by atoms with E-state index in [0.717, 1.165) is 12.1 Å². The van der Waals surface area contributed by atoms with Gasteiger partial charge in [-0.05, 0) is 60.7 Å². The number of carbonyl (C=O) groups is 4. The summed E-state index contributed by atoms with van der Waals surface area (Å²) in [6, 6.07) is 14.9. The van der Waals surface area contributed by atoms with Crippen LogP contribution in [0.25, 0.3) is 6.08 Å². The van der Waals surface area contributed by atoms with Gasteiger partial charge >= 0.3 is 6.03 Å². The molecule has 0 bridgehead atoms. The predicted octanol–water partition coefficient (Wildman–Crippen LogP) is 4.69. The maximum absolute atomic E-state index is 13.2. The van der Waals surface area contributed by atoms with Crippen LogP contribution in [0, 0.1) is 10.1 Å². The number of non-ortho nitro benzene ring substituents is 1. The number of carbonyl (C=O) groups excluding carboxylic acids is 4. The second kappa shape index (κ2) is 11.2. The molecule has 3 aromatic rings. The predicted molar refractivity (Wildman–Crippen MR) is 142 cm³/mol. The number of urea groups is 1. The van der Waals surface area contributed by atoms with Gasteiger partial charge in [0.15, 0.2) is 6.61 Å². The molecule has 1 aliphatic heterocycles. The number of anilines is 2. The molecular weight excluding hydrogens is 584 g/mol. The minimum atomic E-state index is -1.00. The molecule has 0 atom stereocenters. The van der Waals surface area contributed by atoms with Crippen LogP contribution in [-0.4, -0.2) is 35.3 Å². The summed E-state index contributed by atoms with van der Waals surface area (Å²) in [4.78, 5) is 61.5. The molecule has 0 spiro atoms. The van der Waals surface area contributed by atoms with Gasteiger partial charge in [-0.15, -0.1) is 0 Å². The van der Waals surface area contributed by atoms with Gasteiger partial charge in [-0.3, -0.25) is 29.8 Å². The fourth-order valence-electron chi connectivity index (χ4n) is 3.41. The first-order chi connectivity index (χ1) is 18.1. The maximum Gasteiger partial charge on any atom is 0.335 e. The van der Waals surface area contributed by atoms with Crippen molar-refractivity contribution in [3.8, 4) is 5.75 Å². The van der Waals surface area contributed by atoms with Crippen molar-refractivity contribution in [1.29, 1.82) is 0 Å². The maximum atomic E-state index is 13.2. The Balaban J connectivity index is 1.57. The highest BCUT2D eigenvalue weighted by atomic mass is 79.9. The van der Waals surface area contributed by atoms with Gasteiger partial charge in [0, 0.05) is 32.9 Å². The van der Waals surface area contributed by atoms with Crippen molar-refractivity contribution in [2.45, 2.75) is 0 Å². The standard InChI is InChI=1S/C25H16BrClN4O7/c26-15-1-10-21(38-13-22(32)28-17-4-2-16(27)3-5-17)14(11-15)12-20-23(33)29-25(35)30(24(20)34)18-6-8-19(9-7-18)31(36)37/h1-12H,13H2,(H,28,32)(H,29,33,35)/b20-12+. The number of nitrogens with one attached hydrogen (secondary N) is 2. The number of nitro groups is 1. The average Bonchev–Trinajstić information content (AvgIpc) is 2.87. The Kier molecular flexibility index (Phi) is 7.84. The lowest BCUT2D eigenvalue weighted by atomic mass is 10.1. The van der Waals surface area contributed by atoms with Gasteiger partial charge in [-0.2, -0.15) is 0 Å². The molecule has 2 N–H and O–H groups in total. The zero-order valence-electron chi connectivity index (χ0n) is 19.1. The summed E-state index contributed by atoms with van der Waals surface area (Å²) in [5.41, 5.74) is 0.191. The molecule has 38 heavy (non-hydrogen) atoms. The van der Waals surface area contributed by atoms with Crippen LogP contribution in [0.4, 0.5) is 21.9 Å². The van der Waals surface area contributed by atoms with Gasteiger partial charge in [-0.25, -0.2) is 9.69 Å². The third-order valence-corrected chi connectivity index (χ3v) is 5.92. The van der Waals surface area contributed by atoms with E-state index in [-0.39, 0.29) is 29.3 Å². The van der Waals surface area contributed by atoms with E-state index in [1.54, 1.807) is 36.4 Å². The molecule has 3 aromatic carbocycles. The molecule has 4 rings (SSSR count). The largest absolute Gasteiger partial charge is 0.483 e. The van der Waals surface area contributed by atoms with Crippen molar-refractivity contribution < 1.29 is 28.8 Å². The molecule has 0 saturated carbocycles. The summed E-state index contributed by atoms with van der Waals surface area (Å²) in [6.45, 7) is -0.381. The zero-order chi connectivity index (χ0) is 27.4. The summed E-state index contributed by atoms with van der Waals surface area (Å²) in [6.07, 6.45) is 1.22. The van der Waals surface area contributed by atoms with Gasteiger partial charge in [0.2, 0.25) is 0 Å². The minimum Gasteiger partial charge on any atom is -0.483 e. The number of nitrogens with zero attached hydrogens (tertiary/aromatic N) is 2. The highest BCUT2D eigenvalue weighted by Gasteiger charge is 2.37. The van der Waals surface area contributed by atoms with Gasteiger partial charge in [-0.1, -0.05) is 27.5 Å². The van der Waals surface area contributed by atoms with Crippen LogP contribution >= 0.6 is 27.5 Å².